The Morgan fingerprint density at radius 1 is 1.08 bits per heavy atom. The number of anilines is 3. The Bertz CT molecular complexity index is 1560. The van der Waals surface area contributed by atoms with Crippen LogP contribution in [0.2, 0.25) is 0 Å². The van der Waals surface area contributed by atoms with Crippen LogP contribution in [0.25, 0.3) is 22.2 Å². The van der Waals surface area contributed by atoms with Crippen LogP contribution >= 0.6 is 11.3 Å². The summed E-state index contributed by atoms with van der Waals surface area (Å²) >= 11 is 1.25. The van der Waals surface area contributed by atoms with E-state index in [0.29, 0.717) is 44.6 Å². The molecule has 0 radical (unpaired) electrons. The maximum Gasteiger partial charge on any atom is 0.191 e. The summed E-state index contributed by atoms with van der Waals surface area (Å²) in [7, 11) is 1.87. The van der Waals surface area contributed by atoms with Crippen LogP contribution in [-0.4, -0.2) is 66.4 Å². The molecule has 1 N–H and O–H groups in total. The largest absolute Gasteiger partial charge is 0.395 e. The van der Waals surface area contributed by atoms with Gasteiger partial charge in [-0.1, -0.05) is 11.3 Å². The lowest BCUT2D eigenvalue weighted by molar-refractivity contribution is 0.189. The van der Waals surface area contributed by atoms with Crippen molar-refractivity contribution in [2.75, 3.05) is 56.2 Å². The van der Waals surface area contributed by atoms with Gasteiger partial charge in [0.1, 0.15) is 28.0 Å². The average Bonchev–Trinajstić information content (AvgIpc) is 3.72. The number of pyridine rings is 1. The Morgan fingerprint density at radius 2 is 1.82 bits per heavy atom. The fourth-order valence-electron chi connectivity index (χ4n) is 5.13. The molecule has 0 spiro atoms. The number of aliphatic hydroxyl groups is 1. The first-order chi connectivity index (χ1) is 18.9. The van der Waals surface area contributed by atoms with Gasteiger partial charge in [0.05, 0.1) is 12.3 Å². The fourth-order valence-corrected chi connectivity index (χ4v) is 5.99. The third-order valence-corrected chi connectivity index (χ3v) is 8.52. The zero-order valence-corrected chi connectivity index (χ0v) is 22.4. The highest BCUT2D eigenvalue weighted by Gasteiger charge is 2.29. The highest BCUT2D eigenvalue weighted by atomic mass is 32.1. The molecule has 0 atom stereocenters. The van der Waals surface area contributed by atoms with E-state index in [9.17, 15) is 14.8 Å². The molecule has 2 aromatic carbocycles. The van der Waals surface area contributed by atoms with Gasteiger partial charge in [-0.25, -0.2) is 18.7 Å². The summed E-state index contributed by atoms with van der Waals surface area (Å²) in [5, 5.41) is 20.3. The SMILES string of the molecule is CN(c1nc(-c2ccc(F)cc2)c(C#N)s1)c1cc(C2CC2)nc2c(F)cc(N3CCN(CCO)CC3)cc12. The Morgan fingerprint density at radius 3 is 2.49 bits per heavy atom. The molecule has 4 aromatic rings. The Hall–Kier alpha value is -3.65. The third kappa shape index (κ3) is 5.05. The first-order valence-corrected chi connectivity index (χ1v) is 13.9. The van der Waals surface area contributed by atoms with Crippen LogP contribution < -0.4 is 9.80 Å². The van der Waals surface area contributed by atoms with E-state index >= 15 is 4.39 Å². The first kappa shape index (κ1) is 25.6. The summed E-state index contributed by atoms with van der Waals surface area (Å²) < 4.78 is 29.2. The Labute approximate surface area is 229 Å². The molecule has 7 nitrogen and oxygen atoms in total. The van der Waals surface area contributed by atoms with Gasteiger partial charge in [0.15, 0.2) is 10.9 Å². The molecule has 0 amide bonds. The van der Waals surface area contributed by atoms with Crippen molar-refractivity contribution in [2.45, 2.75) is 18.8 Å². The normalized spacial score (nSPS) is 16.0. The van der Waals surface area contributed by atoms with Crippen LogP contribution in [0.1, 0.15) is 29.3 Å². The van der Waals surface area contributed by atoms with Gasteiger partial charge in [-0.05, 0) is 55.3 Å². The van der Waals surface area contributed by atoms with Crippen molar-refractivity contribution in [2.24, 2.45) is 0 Å². The molecule has 3 heterocycles. The summed E-state index contributed by atoms with van der Waals surface area (Å²) in [5.41, 5.74) is 3.94. The zero-order valence-electron chi connectivity index (χ0n) is 21.6. The van der Waals surface area contributed by atoms with Gasteiger partial charge in [-0.3, -0.25) is 4.90 Å². The molecule has 1 aliphatic heterocycles. The van der Waals surface area contributed by atoms with Crippen molar-refractivity contribution < 1.29 is 13.9 Å². The van der Waals surface area contributed by atoms with Gasteiger partial charge in [-0.2, -0.15) is 5.26 Å². The molecule has 10 heteroatoms. The van der Waals surface area contributed by atoms with Crippen molar-refractivity contribution in [3.8, 4) is 17.3 Å². The number of hydrogen-bond acceptors (Lipinski definition) is 8. The van der Waals surface area contributed by atoms with Crippen molar-refractivity contribution in [3.05, 3.63) is 64.7 Å². The van der Waals surface area contributed by atoms with Crippen LogP contribution in [0.5, 0.6) is 0 Å². The van der Waals surface area contributed by atoms with Gasteiger partial charge >= 0.3 is 0 Å². The number of nitriles is 1. The van der Waals surface area contributed by atoms with Crippen LogP contribution in [0.15, 0.2) is 42.5 Å². The lowest BCUT2D eigenvalue weighted by Gasteiger charge is -2.36. The van der Waals surface area contributed by atoms with Crippen molar-refractivity contribution in [3.63, 3.8) is 0 Å². The van der Waals surface area contributed by atoms with E-state index in [1.54, 1.807) is 18.2 Å². The van der Waals surface area contributed by atoms with Crippen molar-refractivity contribution in [1.82, 2.24) is 14.9 Å². The maximum atomic E-state index is 15.6. The second-order valence-electron chi connectivity index (χ2n) is 10.1. The van der Waals surface area contributed by atoms with Crippen LogP contribution in [0, 0.1) is 23.0 Å². The molecule has 1 aliphatic carbocycles. The summed E-state index contributed by atoms with van der Waals surface area (Å²) in [6.07, 6.45) is 2.06. The number of aromatic nitrogens is 2. The first-order valence-electron chi connectivity index (χ1n) is 13.1. The minimum atomic E-state index is -0.360. The number of rotatable bonds is 7. The van der Waals surface area contributed by atoms with Crippen LogP contribution in [0.3, 0.4) is 0 Å². The second-order valence-corrected chi connectivity index (χ2v) is 11.0. The Balaban J connectivity index is 1.42. The minimum Gasteiger partial charge on any atom is -0.395 e. The number of hydrogen-bond donors (Lipinski definition) is 1. The van der Waals surface area contributed by atoms with Gasteiger partial charge in [0.2, 0.25) is 0 Å². The number of thiazole rings is 1. The lowest BCUT2D eigenvalue weighted by Crippen LogP contribution is -2.47. The molecule has 1 saturated heterocycles. The van der Waals surface area contributed by atoms with Crippen molar-refractivity contribution >= 4 is 38.7 Å². The smallest absolute Gasteiger partial charge is 0.191 e. The summed E-state index contributed by atoms with van der Waals surface area (Å²) in [4.78, 5) is 16.2. The zero-order chi connectivity index (χ0) is 27.1. The van der Waals surface area contributed by atoms with Crippen LogP contribution in [0.4, 0.5) is 25.3 Å². The molecule has 6 rings (SSSR count). The highest BCUT2D eigenvalue weighted by Crippen LogP contribution is 2.44. The second kappa shape index (κ2) is 10.5. The van der Waals surface area contributed by atoms with E-state index < -0.39 is 0 Å². The molecule has 2 aliphatic rings. The number of aliphatic hydroxyl groups excluding tert-OH is 1. The van der Waals surface area contributed by atoms with Gasteiger partial charge < -0.3 is 14.9 Å². The Kier molecular flexibility index (Phi) is 6.89. The number of piperazine rings is 1. The van der Waals surface area contributed by atoms with E-state index in [1.165, 1.54) is 23.5 Å². The van der Waals surface area contributed by atoms with E-state index in [0.717, 1.165) is 56.1 Å². The molecular formula is C29H28F2N6OS. The van der Waals surface area contributed by atoms with Gasteiger partial charge in [0.25, 0.3) is 0 Å². The third-order valence-electron chi connectivity index (χ3n) is 7.48. The minimum absolute atomic E-state index is 0.127. The predicted molar refractivity (Wildman–Crippen MR) is 150 cm³/mol. The lowest BCUT2D eigenvalue weighted by atomic mass is 10.1. The molecule has 0 bridgehead atoms. The summed E-state index contributed by atoms with van der Waals surface area (Å²) in [5.74, 6) is -0.393. The predicted octanol–water partition coefficient (Wildman–Crippen LogP) is 5.27. The molecule has 2 aromatic heterocycles. The van der Waals surface area contributed by atoms with Crippen LogP contribution in [-0.2, 0) is 0 Å². The number of fused-ring (bicyclic) bond motifs is 1. The summed E-state index contributed by atoms with van der Waals surface area (Å²) in [6.45, 7) is 3.84. The van der Waals surface area contributed by atoms with Gasteiger partial charge in [-0.15, -0.1) is 0 Å². The number of β-amino-alcohol motifs (C(OH)–C–C–N with tert-alkyl or cyclic N) is 1. The van der Waals surface area contributed by atoms with Gasteiger partial charge in [0, 0.05) is 68.0 Å². The van der Waals surface area contributed by atoms with Crippen molar-refractivity contribution in [1.29, 1.82) is 5.26 Å². The monoisotopic (exact) mass is 546 g/mol. The molecule has 0 unspecified atom stereocenters. The maximum absolute atomic E-state index is 15.6. The topological polar surface area (TPSA) is 79.5 Å². The number of halogens is 2. The highest BCUT2D eigenvalue weighted by molar-refractivity contribution is 7.16. The molecule has 2 fully saturated rings. The van der Waals surface area contributed by atoms with E-state index in [2.05, 4.69) is 15.9 Å². The molecule has 39 heavy (non-hydrogen) atoms. The molecule has 1 saturated carbocycles. The number of nitrogens with zero attached hydrogens (tertiary/aromatic N) is 6. The van der Waals surface area contributed by atoms with E-state index in [1.807, 2.05) is 24.1 Å². The molecule has 200 valence electrons. The average molecular weight is 547 g/mol. The summed E-state index contributed by atoms with van der Waals surface area (Å²) in [6, 6.07) is 13.7. The molecular weight excluding hydrogens is 518 g/mol. The fraction of sp³-hybridized carbons (Fsp3) is 0.345. The van der Waals surface area contributed by atoms with E-state index in [4.69, 9.17) is 9.97 Å². The van der Waals surface area contributed by atoms with E-state index in [-0.39, 0.29) is 18.2 Å². The quantitative estimate of drug-likeness (QED) is 0.338. The number of benzene rings is 2. The standard InChI is InChI=1S/C29H28F2N6OS/c1-35(29-34-27(26(17-32)39-29)19-4-6-20(30)7-5-19)25-16-24(18-2-3-18)33-28-22(25)14-21(15-23(28)31)37-10-8-36(9-11-37)12-13-38/h4-7,14-16,18,38H,2-3,8-13H2,1H3.